The highest BCUT2D eigenvalue weighted by Crippen LogP contribution is 2.20. The maximum absolute atomic E-state index is 11.8. The van der Waals surface area contributed by atoms with Crippen LogP contribution in [0.5, 0.6) is 0 Å². The van der Waals surface area contributed by atoms with Gasteiger partial charge in [0.2, 0.25) is 0 Å². The number of thiophene rings is 1. The summed E-state index contributed by atoms with van der Waals surface area (Å²) in [5.41, 5.74) is 0. The van der Waals surface area contributed by atoms with E-state index in [4.69, 9.17) is 0 Å². The van der Waals surface area contributed by atoms with E-state index in [9.17, 15) is 4.21 Å². The Labute approximate surface area is 78.4 Å². The van der Waals surface area contributed by atoms with Crippen molar-refractivity contribution < 1.29 is 4.21 Å². The van der Waals surface area contributed by atoms with Crippen LogP contribution in [0.2, 0.25) is 0 Å². The van der Waals surface area contributed by atoms with Gasteiger partial charge in [-0.2, -0.15) is 0 Å². The highest BCUT2D eigenvalue weighted by atomic mass is 32.2. The summed E-state index contributed by atoms with van der Waals surface area (Å²) in [4.78, 5) is 0. The van der Waals surface area contributed by atoms with Gasteiger partial charge < -0.3 is 5.32 Å². The second-order valence-corrected chi connectivity index (χ2v) is 5.75. The molecule has 0 aliphatic carbocycles. The summed E-state index contributed by atoms with van der Waals surface area (Å²) in [6, 6.07) is 3.92. The highest BCUT2D eigenvalue weighted by Gasteiger charge is 2.22. The van der Waals surface area contributed by atoms with Gasteiger partial charge in [0, 0.05) is 6.54 Å². The predicted molar refractivity (Wildman–Crippen MR) is 52.0 cm³/mol. The van der Waals surface area contributed by atoms with E-state index in [-0.39, 0.29) is 0 Å². The molecular weight excluding hydrogens is 190 g/mol. The van der Waals surface area contributed by atoms with Crippen molar-refractivity contribution in [2.75, 3.05) is 13.1 Å². The van der Waals surface area contributed by atoms with Gasteiger partial charge in [0.15, 0.2) is 0 Å². The standard InChI is InChI=1S/C8H11NOS2/c10-12(7-3-4-9-6-7)8-2-1-5-11-8/h1-2,5,7,9H,3-4,6H2. The maximum Gasteiger partial charge on any atom is 0.0913 e. The van der Waals surface area contributed by atoms with Crippen LogP contribution in [0.15, 0.2) is 21.7 Å². The third-order valence-corrected chi connectivity index (χ3v) is 4.99. The van der Waals surface area contributed by atoms with E-state index in [1.165, 1.54) is 0 Å². The Kier molecular flexibility index (Phi) is 2.58. The number of hydrogen-bond acceptors (Lipinski definition) is 3. The fourth-order valence-electron chi connectivity index (χ4n) is 1.35. The number of rotatable bonds is 2. The zero-order valence-electron chi connectivity index (χ0n) is 6.66. The van der Waals surface area contributed by atoms with Crippen molar-refractivity contribution in [1.82, 2.24) is 5.32 Å². The van der Waals surface area contributed by atoms with Crippen molar-refractivity contribution in [1.29, 1.82) is 0 Å². The Morgan fingerprint density at radius 1 is 1.67 bits per heavy atom. The average molecular weight is 201 g/mol. The molecule has 2 rings (SSSR count). The summed E-state index contributed by atoms with van der Waals surface area (Å²) >= 11 is 1.59. The van der Waals surface area contributed by atoms with Crippen molar-refractivity contribution in [3.05, 3.63) is 17.5 Å². The molecule has 1 saturated heterocycles. The summed E-state index contributed by atoms with van der Waals surface area (Å²) in [7, 11) is -0.772. The van der Waals surface area contributed by atoms with Crippen LogP contribution in [0.1, 0.15) is 6.42 Å². The van der Waals surface area contributed by atoms with Crippen LogP contribution >= 0.6 is 11.3 Å². The molecule has 1 aromatic heterocycles. The van der Waals surface area contributed by atoms with Gasteiger partial charge in [-0.25, -0.2) is 0 Å². The highest BCUT2D eigenvalue weighted by molar-refractivity contribution is 7.88. The van der Waals surface area contributed by atoms with Gasteiger partial charge in [0.25, 0.3) is 0 Å². The molecule has 0 radical (unpaired) electrons. The molecule has 0 saturated carbocycles. The Balaban J connectivity index is 2.09. The van der Waals surface area contributed by atoms with Gasteiger partial charge in [0.05, 0.1) is 20.3 Å². The van der Waals surface area contributed by atoms with Gasteiger partial charge in [-0.15, -0.1) is 11.3 Å². The third kappa shape index (κ3) is 1.60. The average Bonchev–Trinajstić information content (AvgIpc) is 2.77. The molecule has 1 fully saturated rings. The van der Waals surface area contributed by atoms with Crippen LogP contribution in [0.3, 0.4) is 0 Å². The number of hydrogen-bond donors (Lipinski definition) is 1. The molecule has 0 amide bonds. The molecule has 66 valence electrons. The van der Waals surface area contributed by atoms with Crippen molar-refractivity contribution >= 4 is 22.1 Å². The molecular formula is C8H11NOS2. The number of nitrogens with one attached hydrogen (secondary N) is 1. The largest absolute Gasteiger partial charge is 0.315 e. The van der Waals surface area contributed by atoms with Crippen molar-refractivity contribution in [3.63, 3.8) is 0 Å². The second-order valence-electron chi connectivity index (χ2n) is 2.84. The minimum atomic E-state index is -0.772. The maximum atomic E-state index is 11.8. The lowest BCUT2D eigenvalue weighted by molar-refractivity contribution is 0.674. The van der Waals surface area contributed by atoms with E-state index in [2.05, 4.69) is 5.32 Å². The normalized spacial score (nSPS) is 25.8. The van der Waals surface area contributed by atoms with Gasteiger partial charge in [0.1, 0.15) is 0 Å². The first kappa shape index (κ1) is 8.41. The lowest BCUT2D eigenvalue weighted by Gasteiger charge is -2.04. The molecule has 2 nitrogen and oxygen atoms in total. The van der Waals surface area contributed by atoms with Gasteiger partial charge in [-0.1, -0.05) is 6.07 Å². The van der Waals surface area contributed by atoms with Crippen LogP contribution in [0.4, 0.5) is 0 Å². The van der Waals surface area contributed by atoms with E-state index in [0.717, 1.165) is 23.7 Å². The molecule has 2 atom stereocenters. The summed E-state index contributed by atoms with van der Waals surface area (Å²) in [6.45, 7) is 1.92. The molecule has 0 aromatic carbocycles. The van der Waals surface area contributed by atoms with Gasteiger partial charge in [-0.05, 0) is 24.4 Å². The predicted octanol–water partition coefficient (Wildman–Crippen LogP) is 1.22. The van der Waals surface area contributed by atoms with Crippen LogP contribution < -0.4 is 5.32 Å². The minimum Gasteiger partial charge on any atom is -0.315 e. The molecule has 0 bridgehead atoms. The lowest BCUT2D eigenvalue weighted by atomic mass is 10.4. The Morgan fingerprint density at radius 2 is 2.58 bits per heavy atom. The first-order valence-electron chi connectivity index (χ1n) is 4.03. The molecule has 1 aliphatic heterocycles. The Bertz CT molecular complexity index is 265. The molecule has 2 unspecified atom stereocenters. The van der Waals surface area contributed by atoms with Gasteiger partial charge >= 0.3 is 0 Å². The topological polar surface area (TPSA) is 29.1 Å². The minimum absolute atomic E-state index is 0.337. The lowest BCUT2D eigenvalue weighted by Crippen LogP contribution is -2.17. The third-order valence-electron chi connectivity index (χ3n) is 2.01. The van der Waals surface area contributed by atoms with Crippen molar-refractivity contribution in [2.45, 2.75) is 15.9 Å². The van der Waals surface area contributed by atoms with Crippen LogP contribution in [-0.2, 0) is 10.8 Å². The molecule has 0 spiro atoms. The molecule has 4 heteroatoms. The van der Waals surface area contributed by atoms with Crippen molar-refractivity contribution in [3.8, 4) is 0 Å². The Morgan fingerprint density at radius 3 is 3.17 bits per heavy atom. The van der Waals surface area contributed by atoms with E-state index < -0.39 is 10.8 Å². The zero-order chi connectivity index (χ0) is 8.39. The second kappa shape index (κ2) is 3.68. The first-order valence-corrected chi connectivity index (χ1v) is 6.12. The fraction of sp³-hybridized carbons (Fsp3) is 0.500. The molecule has 1 N–H and O–H groups in total. The van der Waals surface area contributed by atoms with E-state index in [1.807, 2.05) is 17.5 Å². The molecule has 2 heterocycles. The van der Waals surface area contributed by atoms with Crippen LogP contribution in [-0.4, -0.2) is 22.5 Å². The molecule has 1 aromatic rings. The zero-order valence-corrected chi connectivity index (χ0v) is 8.29. The monoisotopic (exact) mass is 201 g/mol. The summed E-state index contributed by atoms with van der Waals surface area (Å²) in [6.07, 6.45) is 1.05. The quantitative estimate of drug-likeness (QED) is 0.779. The van der Waals surface area contributed by atoms with Crippen molar-refractivity contribution in [2.24, 2.45) is 0 Å². The smallest absolute Gasteiger partial charge is 0.0913 e. The van der Waals surface area contributed by atoms with E-state index >= 15 is 0 Å². The fourth-order valence-corrected chi connectivity index (χ4v) is 3.90. The first-order chi connectivity index (χ1) is 5.88. The SMILES string of the molecule is O=S(c1cccs1)C1CCNC1. The Hall–Kier alpha value is -0.190. The van der Waals surface area contributed by atoms with E-state index in [1.54, 1.807) is 11.3 Å². The van der Waals surface area contributed by atoms with Crippen LogP contribution in [0, 0.1) is 0 Å². The summed E-state index contributed by atoms with van der Waals surface area (Å²) in [5, 5.41) is 5.55. The molecule has 1 aliphatic rings. The van der Waals surface area contributed by atoms with Gasteiger partial charge in [-0.3, -0.25) is 4.21 Å². The summed E-state index contributed by atoms with van der Waals surface area (Å²) in [5.74, 6) is 0. The summed E-state index contributed by atoms with van der Waals surface area (Å²) < 4.78 is 12.8. The van der Waals surface area contributed by atoms with E-state index in [0.29, 0.717) is 5.25 Å². The van der Waals surface area contributed by atoms with Crippen LogP contribution in [0.25, 0.3) is 0 Å². The molecule has 12 heavy (non-hydrogen) atoms.